The van der Waals surface area contributed by atoms with E-state index in [0.29, 0.717) is 29.6 Å². The van der Waals surface area contributed by atoms with Crippen molar-refractivity contribution < 1.29 is 18.7 Å². The number of carbonyl (C=O) groups is 2. The summed E-state index contributed by atoms with van der Waals surface area (Å²) in [6, 6.07) is 7.99. The van der Waals surface area contributed by atoms with Crippen LogP contribution in [0, 0.1) is 0 Å². The van der Waals surface area contributed by atoms with E-state index < -0.39 is 5.91 Å². The van der Waals surface area contributed by atoms with E-state index in [1.165, 1.54) is 6.26 Å². The van der Waals surface area contributed by atoms with E-state index in [1.54, 1.807) is 30.3 Å². The maximum Gasteiger partial charge on any atom is 0.291 e. The maximum atomic E-state index is 12.3. The molecule has 7 nitrogen and oxygen atoms in total. The molecule has 1 aromatic carbocycles. The Kier molecular flexibility index (Phi) is 7.47. The fourth-order valence-corrected chi connectivity index (χ4v) is 2.67. The third-order valence-electron chi connectivity index (χ3n) is 3.68. The van der Waals surface area contributed by atoms with Gasteiger partial charge in [-0.1, -0.05) is 11.6 Å². The zero-order valence-corrected chi connectivity index (χ0v) is 15.4. The smallest absolute Gasteiger partial charge is 0.291 e. The summed E-state index contributed by atoms with van der Waals surface area (Å²) in [4.78, 5) is 24.4. The fourth-order valence-electron chi connectivity index (χ4n) is 2.50. The van der Waals surface area contributed by atoms with Gasteiger partial charge in [0.25, 0.3) is 5.91 Å². The molecule has 1 atom stereocenters. The number of furan rings is 1. The van der Waals surface area contributed by atoms with Gasteiger partial charge in [-0.15, -0.1) is 12.4 Å². The number of ether oxygens (including phenoxy) is 1. The van der Waals surface area contributed by atoms with Gasteiger partial charge in [0.15, 0.2) is 5.76 Å². The Balaban J connectivity index is 0.00000243. The van der Waals surface area contributed by atoms with E-state index in [1.807, 2.05) is 0 Å². The molecule has 9 heteroatoms. The molecule has 3 rings (SSSR count). The monoisotopic (exact) mass is 399 g/mol. The highest BCUT2D eigenvalue weighted by molar-refractivity contribution is 6.31. The number of nitrogens with one attached hydrogen (secondary N) is 3. The minimum absolute atomic E-state index is 0. The molecule has 0 saturated carbocycles. The molecule has 0 aliphatic carbocycles. The summed E-state index contributed by atoms with van der Waals surface area (Å²) in [5.74, 6) is -0.440. The number of rotatable bonds is 5. The van der Waals surface area contributed by atoms with Crippen LogP contribution in [-0.4, -0.2) is 37.6 Å². The van der Waals surface area contributed by atoms with Crippen molar-refractivity contribution in [2.45, 2.75) is 12.5 Å². The molecule has 1 unspecified atom stereocenters. The molecule has 26 heavy (non-hydrogen) atoms. The predicted molar refractivity (Wildman–Crippen MR) is 101 cm³/mol. The molecule has 2 heterocycles. The van der Waals surface area contributed by atoms with Crippen LogP contribution in [0.15, 0.2) is 41.0 Å². The second-order valence-corrected chi connectivity index (χ2v) is 6.04. The maximum absolute atomic E-state index is 12.3. The van der Waals surface area contributed by atoms with Gasteiger partial charge in [0.05, 0.1) is 30.9 Å². The highest BCUT2D eigenvalue weighted by Crippen LogP contribution is 2.26. The number of hydrogen-bond donors (Lipinski definition) is 3. The summed E-state index contributed by atoms with van der Waals surface area (Å²) in [5, 5.41) is 9.15. The molecule has 2 aromatic rings. The van der Waals surface area contributed by atoms with Crippen molar-refractivity contribution in [2.75, 3.05) is 30.4 Å². The molecular weight excluding hydrogens is 381 g/mol. The van der Waals surface area contributed by atoms with Gasteiger partial charge in [0.1, 0.15) is 0 Å². The van der Waals surface area contributed by atoms with E-state index >= 15 is 0 Å². The van der Waals surface area contributed by atoms with Gasteiger partial charge in [-0.05, 0) is 30.3 Å². The summed E-state index contributed by atoms with van der Waals surface area (Å²) >= 11 is 6.00. The average molecular weight is 400 g/mol. The van der Waals surface area contributed by atoms with Gasteiger partial charge in [-0.25, -0.2) is 0 Å². The van der Waals surface area contributed by atoms with Crippen LogP contribution in [-0.2, 0) is 9.53 Å². The summed E-state index contributed by atoms with van der Waals surface area (Å²) in [6.45, 7) is 1.87. The Morgan fingerprint density at radius 1 is 1.23 bits per heavy atom. The van der Waals surface area contributed by atoms with Crippen LogP contribution in [0.5, 0.6) is 0 Å². The molecule has 1 aliphatic heterocycles. The highest BCUT2D eigenvalue weighted by atomic mass is 35.5. The molecule has 1 saturated heterocycles. The number of anilines is 2. The van der Waals surface area contributed by atoms with E-state index in [2.05, 4.69) is 16.0 Å². The molecule has 140 valence electrons. The lowest BCUT2D eigenvalue weighted by Gasteiger charge is -2.23. The van der Waals surface area contributed by atoms with Gasteiger partial charge in [0, 0.05) is 24.0 Å². The zero-order chi connectivity index (χ0) is 17.6. The molecule has 0 spiro atoms. The number of hydrogen-bond acceptors (Lipinski definition) is 5. The van der Waals surface area contributed by atoms with Crippen molar-refractivity contribution in [2.24, 2.45) is 0 Å². The molecular formula is C17H19Cl2N3O4. The topological polar surface area (TPSA) is 92.6 Å². The summed E-state index contributed by atoms with van der Waals surface area (Å²) < 4.78 is 10.4. The molecule has 1 aromatic heterocycles. The summed E-state index contributed by atoms with van der Waals surface area (Å²) in [7, 11) is 0. The Bertz CT molecular complexity index is 746. The molecule has 1 aliphatic rings. The Morgan fingerprint density at radius 2 is 2.08 bits per heavy atom. The van der Waals surface area contributed by atoms with Crippen LogP contribution in [0.1, 0.15) is 17.0 Å². The van der Waals surface area contributed by atoms with Crippen molar-refractivity contribution in [1.82, 2.24) is 5.32 Å². The normalized spacial score (nSPS) is 16.4. The molecule has 0 radical (unpaired) electrons. The minimum Gasteiger partial charge on any atom is -0.459 e. The fraction of sp³-hybridized carbons (Fsp3) is 0.294. The van der Waals surface area contributed by atoms with E-state index in [-0.39, 0.29) is 36.5 Å². The molecule has 1 fully saturated rings. The van der Waals surface area contributed by atoms with Gasteiger partial charge in [-0.3, -0.25) is 9.59 Å². The van der Waals surface area contributed by atoms with Crippen LogP contribution in [0.2, 0.25) is 5.02 Å². The Labute approximate surface area is 161 Å². The van der Waals surface area contributed by atoms with Crippen molar-refractivity contribution in [1.29, 1.82) is 0 Å². The number of benzene rings is 1. The standard InChI is InChI=1S/C17H18ClN3O4.ClH/c18-11-3-4-13(20-16(22)9-12-10-24-7-5-19-12)14(8-11)21-17(23)15-2-1-6-25-15;/h1-4,6,8,12,19H,5,7,9-10H2,(H,20,22)(H,21,23);1H. The summed E-state index contributed by atoms with van der Waals surface area (Å²) in [5.41, 5.74) is 0.862. The number of amides is 2. The highest BCUT2D eigenvalue weighted by Gasteiger charge is 2.18. The lowest BCUT2D eigenvalue weighted by atomic mass is 10.2. The first kappa shape index (κ1) is 20.3. The Hall–Kier alpha value is -2.06. The number of halogens is 2. The second-order valence-electron chi connectivity index (χ2n) is 5.60. The van der Waals surface area contributed by atoms with E-state index in [0.717, 1.165) is 6.54 Å². The number of carbonyl (C=O) groups excluding carboxylic acids is 2. The SMILES string of the molecule is Cl.O=C(CC1COCCN1)Nc1ccc(Cl)cc1NC(=O)c1ccco1. The van der Waals surface area contributed by atoms with Gasteiger partial charge < -0.3 is 25.1 Å². The molecule has 3 N–H and O–H groups in total. The van der Waals surface area contributed by atoms with Crippen molar-refractivity contribution in [3.63, 3.8) is 0 Å². The quantitative estimate of drug-likeness (QED) is 0.718. The van der Waals surface area contributed by atoms with Crippen LogP contribution in [0.3, 0.4) is 0 Å². The second kappa shape index (κ2) is 9.59. The first-order valence-electron chi connectivity index (χ1n) is 7.87. The van der Waals surface area contributed by atoms with Crippen molar-refractivity contribution >= 4 is 47.2 Å². The van der Waals surface area contributed by atoms with Crippen LogP contribution >= 0.6 is 24.0 Å². The third kappa shape index (κ3) is 5.47. The van der Waals surface area contributed by atoms with Gasteiger partial charge in [0.2, 0.25) is 5.91 Å². The van der Waals surface area contributed by atoms with Gasteiger partial charge in [-0.2, -0.15) is 0 Å². The zero-order valence-electron chi connectivity index (χ0n) is 13.8. The van der Waals surface area contributed by atoms with Crippen molar-refractivity contribution in [3.05, 3.63) is 47.4 Å². The third-order valence-corrected chi connectivity index (χ3v) is 3.91. The lowest BCUT2D eigenvalue weighted by Crippen LogP contribution is -2.43. The lowest BCUT2D eigenvalue weighted by molar-refractivity contribution is -0.117. The first-order chi connectivity index (χ1) is 12.1. The first-order valence-corrected chi connectivity index (χ1v) is 8.25. The largest absolute Gasteiger partial charge is 0.459 e. The van der Waals surface area contributed by atoms with Crippen molar-refractivity contribution in [3.8, 4) is 0 Å². The van der Waals surface area contributed by atoms with Gasteiger partial charge >= 0.3 is 0 Å². The summed E-state index contributed by atoms with van der Waals surface area (Å²) in [6.07, 6.45) is 1.68. The van der Waals surface area contributed by atoms with E-state index in [4.69, 9.17) is 20.8 Å². The average Bonchev–Trinajstić information content (AvgIpc) is 3.13. The molecule has 0 bridgehead atoms. The Morgan fingerprint density at radius 3 is 2.77 bits per heavy atom. The van der Waals surface area contributed by atoms with Crippen LogP contribution in [0.4, 0.5) is 11.4 Å². The van der Waals surface area contributed by atoms with Crippen LogP contribution in [0.25, 0.3) is 0 Å². The minimum atomic E-state index is -0.426. The molecule has 2 amide bonds. The predicted octanol–water partition coefficient (Wildman–Crippen LogP) is 2.92. The van der Waals surface area contributed by atoms with Crippen LogP contribution < -0.4 is 16.0 Å². The number of morpholine rings is 1. The van der Waals surface area contributed by atoms with E-state index in [9.17, 15) is 9.59 Å².